The second kappa shape index (κ2) is 8.22. The van der Waals surface area contributed by atoms with Crippen LogP contribution in [0.15, 0.2) is 36.7 Å². The Morgan fingerprint density at radius 2 is 1.64 bits per heavy atom. The summed E-state index contributed by atoms with van der Waals surface area (Å²) in [5.74, 6) is 0.602. The molecule has 0 aliphatic carbocycles. The van der Waals surface area contributed by atoms with Crippen molar-refractivity contribution in [1.29, 1.82) is 0 Å². The van der Waals surface area contributed by atoms with E-state index in [9.17, 15) is 10.1 Å². The van der Waals surface area contributed by atoms with Crippen molar-refractivity contribution >= 4 is 5.69 Å². The molecule has 1 heterocycles. The molecule has 0 spiro atoms. The highest BCUT2D eigenvalue weighted by Gasteiger charge is 2.06. The molecule has 1 aromatic carbocycles. The van der Waals surface area contributed by atoms with Crippen molar-refractivity contribution in [2.24, 2.45) is 0 Å². The van der Waals surface area contributed by atoms with Crippen LogP contribution in [0.3, 0.4) is 0 Å². The number of rotatable bonds is 8. The number of unbranched alkanes of at least 4 members (excludes halogenated alkanes) is 4. The molecule has 0 fully saturated rings. The molecule has 1 aromatic heterocycles. The molecule has 0 aliphatic heterocycles. The number of benzene rings is 1. The van der Waals surface area contributed by atoms with Crippen LogP contribution >= 0.6 is 0 Å². The molecular weight excluding hydrogens is 278 g/mol. The van der Waals surface area contributed by atoms with Gasteiger partial charge in [0.2, 0.25) is 0 Å². The number of hydrogen-bond donors (Lipinski definition) is 0. The zero-order valence-corrected chi connectivity index (χ0v) is 12.9. The molecule has 5 heteroatoms. The molecule has 0 radical (unpaired) electrons. The van der Waals surface area contributed by atoms with Gasteiger partial charge in [0.25, 0.3) is 5.69 Å². The van der Waals surface area contributed by atoms with Crippen molar-refractivity contribution in [2.75, 3.05) is 0 Å². The van der Waals surface area contributed by atoms with Gasteiger partial charge in [-0.2, -0.15) is 0 Å². The monoisotopic (exact) mass is 299 g/mol. The van der Waals surface area contributed by atoms with E-state index in [1.807, 2.05) is 12.4 Å². The zero-order valence-electron chi connectivity index (χ0n) is 12.9. The van der Waals surface area contributed by atoms with Gasteiger partial charge in [-0.3, -0.25) is 10.1 Å². The third-order valence-corrected chi connectivity index (χ3v) is 3.61. The Bertz CT molecular complexity index is 594. The molecule has 0 bridgehead atoms. The largest absolute Gasteiger partial charge is 0.269 e. The van der Waals surface area contributed by atoms with E-state index in [4.69, 9.17) is 0 Å². The van der Waals surface area contributed by atoms with Crippen LogP contribution in [0.2, 0.25) is 0 Å². The molecule has 22 heavy (non-hydrogen) atoms. The minimum atomic E-state index is -0.410. The van der Waals surface area contributed by atoms with Gasteiger partial charge in [0.05, 0.1) is 4.92 Å². The zero-order chi connectivity index (χ0) is 15.8. The quantitative estimate of drug-likeness (QED) is 0.407. The van der Waals surface area contributed by atoms with E-state index in [0.717, 1.165) is 17.5 Å². The Labute approximate surface area is 130 Å². The second-order valence-electron chi connectivity index (χ2n) is 5.38. The summed E-state index contributed by atoms with van der Waals surface area (Å²) in [6, 6.07) is 6.30. The average Bonchev–Trinajstić information content (AvgIpc) is 2.55. The molecule has 0 N–H and O–H groups in total. The van der Waals surface area contributed by atoms with E-state index in [1.165, 1.54) is 44.2 Å². The lowest BCUT2D eigenvalue weighted by molar-refractivity contribution is -0.384. The molecule has 0 amide bonds. The van der Waals surface area contributed by atoms with Crippen LogP contribution in [0.4, 0.5) is 5.69 Å². The van der Waals surface area contributed by atoms with Crippen molar-refractivity contribution in [3.05, 3.63) is 52.3 Å². The van der Waals surface area contributed by atoms with Gasteiger partial charge in [-0.15, -0.1) is 0 Å². The Morgan fingerprint density at radius 3 is 2.23 bits per heavy atom. The number of aromatic nitrogens is 2. The number of non-ortho nitro benzene ring substituents is 1. The third kappa shape index (κ3) is 4.62. The average molecular weight is 299 g/mol. The van der Waals surface area contributed by atoms with Crippen LogP contribution in [0.5, 0.6) is 0 Å². The maximum absolute atomic E-state index is 10.6. The van der Waals surface area contributed by atoms with Gasteiger partial charge < -0.3 is 0 Å². The fraction of sp³-hybridized carbons (Fsp3) is 0.412. The summed E-state index contributed by atoms with van der Waals surface area (Å²) >= 11 is 0. The standard InChI is InChI=1S/C17H21N3O2/c1-2-3-4-5-6-7-14-12-18-17(19-13-14)15-8-10-16(11-9-15)20(21)22/h8-13H,2-7H2,1H3. The Kier molecular flexibility index (Phi) is 6.01. The fourth-order valence-corrected chi connectivity index (χ4v) is 2.30. The molecule has 5 nitrogen and oxygen atoms in total. The number of nitrogens with zero attached hydrogens (tertiary/aromatic N) is 3. The Balaban J connectivity index is 1.92. The van der Waals surface area contributed by atoms with Gasteiger partial charge in [0, 0.05) is 30.1 Å². The van der Waals surface area contributed by atoms with Gasteiger partial charge >= 0.3 is 0 Å². The number of nitro benzene ring substituents is 1. The highest BCUT2D eigenvalue weighted by molar-refractivity contribution is 5.56. The first kappa shape index (κ1) is 16.1. The SMILES string of the molecule is CCCCCCCc1cnc(-c2ccc([N+](=O)[O-])cc2)nc1. The molecule has 0 saturated carbocycles. The minimum Gasteiger partial charge on any atom is -0.258 e. The normalized spacial score (nSPS) is 10.6. The summed E-state index contributed by atoms with van der Waals surface area (Å²) in [4.78, 5) is 18.9. The molecule has 0 aliphatic rings. The lowest BCUT2D eigenvalue weighted by Crippen LogP contribution is -1.94. The van der Waals surface area contributed by atoms with E-state index < -0.39 is 4.92 Å². The Morgan fingerprint density at radius 1 is 1.00 bits per heavy atom. The topological polar surface area (TPSA) is 68.9 Å². The summed E-state index contributed by atoms with van der Waals surface area (Å²) < 4.78 is 0. The molecule has 2 rings (SSSR count). The smallest absolute Gasteiger partial charge is 0.258 e. The van der Waals surface area contributed by atoms with Crippen molar-refractivity contribution < 1.29 is 4.92 Å². The van der Waals surface area contributed by atoms with Crippen molar-refractivity contribution in [3.8, 4) is 11.4 Å². The van der Waals surface area contributed by atoms with Crippen LogP contribution in [-0.4, -0.2) is 14.9 Å². The van der Waals surface area contributed by atoms with Crippen LogP contribution in [0.1, 0.15) is 44.6 Å². The lowest BCUT2D eigenvalue weighted by atomic mass is 10.1. The molecule has 0 unspecified atom stereocenters. The van der Waals surface area contributed by atoms with Crippen molar-refractivity contribution in [2.45, 2.75) is 45.4 Å². The van der Waals surface area contributed by atoms with Gasteiger partial charge in [-0.05, 0) is 30.5 Å². The first-order chi connectivity index (χ1) is 10.7. The van der Waals surface area contributed by atoms with Crippen LogP contribution < -0.4 is 0 Å². The highest BCUT2D eigenvalue weighted by atomic mass is 16.6. The van der Waals surface area contributed by atoms with Crippen LogP contribution in [-0.2, 0) is 6.42 Å². The summed E-state index contributed by atoms with van der Waals surface area (Å²) in [6.45, 7) is 2.21. The predicted molar refractivity (Wildman–Crippen MR) is 86.6 cm³/mol. The summed E-state index contributed by atoms with van der Waals surface area (Å²) in [5, 5.41) is 10.6. The maximum Gasteiger partial charge on any atom is 0.269 e. The van der Waals surface area contributed by atoms with Gasteiger partial charge in [0.15, 0.2) is 5.82 Å². The summed E-state index contributed by atoms with van der Waals surface area (Å²) in [6.07, 6.45) is 11.0. The maximum atomic E-state index is 10.6. The lowest BCUT2D eigenvalue weighted by Gasteiger charge is -2.03. The van der Waals surface area contributed by atoms with E-state index in [2.05, 4.69) is 16.9 Å². The van der Waals surface area contributed by atoms with Crippen molar-refractivity contribution in [1.82, 2.24) is 9.97 Å². The minimum absolute atomic E-state index is 0.0763. The Hall–Kier alpha value is -2.30. The van der Waals surface area contributed by atoms with Gasteiger partial charge in [-0.25, -0.2) is 9.97 Å². The summed E-state index contributed by atoms with van der Waals surface area (Å²) in [5.41, 5.74) is 2.01. The van der Waals surface area contributed by atoms with E-state index in [-0.39, 0.29) is 5.69 Å². The van der Waals surface area contributed by atoms with Crippen LogP contribution in [0, 0.1) is 10.1 Å². The molecule has 2 aromatic rings. The fourth-order valence-electron chi connectivity index (χ4n) is 2.30. The number of nitro groups is 1. The van der Waals surface area contributed by atoms with Gasteiger partial charge in [-0.1, -0.05) is 32.6 Å². The van der Waals surface area contributed by atoms with Crippen LogP contribution in [0.25, 0.3) is 11.4 Å². The molecule has 116 valence electrons. The van der Waals surface area contributed by atoms with E-state index in [1.54, 1.807) is 12.1 Å². The van der Waals surface area contributed by atoms with Crippen molar-refractivity contribution in [3.63, 3.8) is 0 Å². The first-order valence-corrected chi connectivity index (χ1v) is 7.76. The molecule has 0 saturated heterocycles. The molecule has 0 atom stereocenters. The number of aryl methyl sites for hydroxylation is 1. The molecular formula is C17H21N3O2. The predicted octanol–water partition coefficient (Wildman–Crippen LogP) is 4.56. The van der Waals surface area contributed by atoms with E-state index >= 15 is 0 Å². The number of hydrogen-bond acceptors (Lipinski definition) is 4. The third-order valence-electron chi connectivity index (χ3n) is 3.61. The second-order valence-corrected chi connectivity index (χ2v) is 5.38. The van der Waals surface area contributed by atoms with E-state index in [0.29, 0.717) is 5.82 Å². The highest BCUT2D eigenvalue weighted by Crippen LogP contribution is 2.19. The summed E-state index contributed by atoms with van der Waals surface area (Å²) in [7, 11) is 0. The first-order valence-electron chi connectivity index (χ1n) is 7.76. The van der Waals surface area contributed by atoms with Gasteiger partial charge in [0.1, 0.15) is 0 Å².